The quantitative estimate of drug-likeness (QED) is 0.339. The number of hydrogen-bond acceptors (Lipinski definition) is 5. The largest absolute Gasteiger partial charge is 0.417 e. The van der Waals surface area contributed by atoms with Gasteiger partial charge in [0.25, 0.3) is 5.56 Å². The summed E-state index contributed by atoms with van der Waals surface area (Å²) in [6.45, 7) is 3.56. The van der Waals surface area contributed by atoms with E-state index < -0.39 is 22.3 Å². The summed E-state index contributed by atoms with van der Waals surface area (Å²) < 4.78 is 41.5. The van der Waals surface area contributed by atoms with Crippen molar-refractivity contribution in [3.05, 3.63) is 49.6 Å². The summed E-state index contributed by atoms with van der Waals surface area (Å²) in [6, 6.07) is 3.35. The average Bonchev–Trinajstić information content (AvgIpc) is 3.03. The Morgan fingerprint density at radius 1 is 1.39 bits per heavy atom. The SMILES string of the molecule is CC(=O)CSc1nc2sc3c(c2c(=O)n1-c1ccc(Cl)c(C(F)(F)F)c1)CCC(C)C3. The van der Waals surface area contributed by atoms with E-state index in [1.807, 2.05) is 0 Å². The maximum absolute atomic E-state index is 13.6. The van der Waals surface area contributed by atoms with Crippen molar-refractivity contribution in [3.8, 4) is 5.69 Å². The molecule has 2 aromatic heterocycles. The number of ketones is 1. The second kappa shape index (κ2) is 8.26. The molecule has 0 saturated heterocycles. The molecule has 0 fully saturated rings. The third kappa shape index (κ3) is 4.27. The van der Waals surface area contributed by atoms with Crippen LogP contribution in [0.4, 0.5) is 13.2 Å². The number of thioether (sulfide) groups is 1. The second-order valence-electron chi connectivity index (χ2n) is 7.72. The Morgan fingerprint density at radius 2 is 2.13 bits per heavy atom. The number of aromatic nitrogens is 2. The fraction of sp³-hybridized carbons (Fsp3) is 0.381. The molecule has 4 nitrogen and oxygen atoms in total. The Kier molecular flexibility index (Phi) is 5.95. The highest BCUT2D eigenvalue weighted by atomic mass is 35.5. The molecule has 1 aliphatic carbocycles. The standard InChI is InChI=1S/C21H18ClF3N2O2S2/c1-10-3-5-13-16(7-10)31-18-17(13)19(29)27(20(26-18)30-9-11(2)28)12-4-6-15(22)14(8-12)21(23,24)25/h4,6,8,10H,3,5,7,9H2,1-2H3. The van der Waals surface area contributed by atoms with Gasteiger partial charge in [-0.05, 0) is 55.9 Å². The zero-order valence-corrected chi connectivity index (χ0v) is 19.1. The van der Waals surface area contributed by atoms with Gasteiger partial charge in [0.05, 0.1) is 27.4 Å². The smallest absolute Gasteiger partial charge is 0.299 e. The monoisotopic (exact) mass is 486 g/mol. The molecule has 0 saturated carbocycles. The molecule has 1 atom stereocenters. The van der Waals surface area contributed by atoms with Crippen molar-refractivity contribution in [2.75, 3.05) is 5.75 Å². The highest BCUT2D eigenvalue weighted by Gasteiger charge is 2.34. The van der Waals surface area contributed by atoms with E-state index in [-0.39, 0.29) is 22.4 Å². The van der Waals surface area contributed by atoms with E-state index >= 15 is 0 Å². The average molecular weight is 487 g/mol. The van der Waals surface area contributed by atoms with Gasteiger partial charge in [0.15, 0.2) is 5.16 Å². The van der Waals surface area contributed by atoms with Gasteiger partial charge in [-0.2, -0.15) is 13.2 Å². The Morgan fingerprint density at radius 3 is 2.81 bits per heavy atom. The summed E-state index contributed by atoms with van der Waals surface area (Å²) in [4.78, 5) is 31.4. The first-order valence-electron chi connectivity index (χ1n) is 9.63. The number of carbonyl (C=O) groups excluding carboxylic acids is 1. The van der Waals surface area contributed by atoms with Crippen LogP contribution in [0.15, 0.2) is 28.2 Å². The second-order valence-corrected chi connectivity index (χ2v) is 10.2. The van der Waals surface area contributed by atoms with Crippen molar-refractivity contribution < 1.29 is 18.0 Å². The minimum Gasteiger partial charge on any atom is -0.299 e. The van der Waals surface area contributed by atoms with E-state index in [1.165, 1.54) is 28.9 Å². The van der Waals surface area contributed by atoms with Gasteiger partial charge in [-0.25, -0.2) is 4.98 Å². The van der Waals surface area contributed by atoms with E-state index in [1.54, 1.807) is 0 Å². The summed E-state index contributed by atoms with van der Waals surface area (Å²) in [5, 5.41) is 0.204. The predicted molar refractivity (Wildman–Crippen MR) is 118 cm³/mol. The molecule has 31 heavy (non-hydrogen) atoms. The molecule has 0 N–H and O–H groups in total. The van der Waals surface area contributed by atoms with Gasteiger partial charge in [-0.1, -0.05) is 30.3 Å². The van der Waals surface area contributed by atoms with Crippen LogP contribution in [0.1, 0.15) is 36.3 Å². The summed E-state index contributed by atoms with van der Waals surface area (Å²) in [6.07, 6.45) is -2.14. The molecule has 0 aliphatic heterocycles. The lowest BCUT2D eigenvalue weighted by Crippen LogP contribution is -2.23. The molecular formula is C21H18ClF3N2O2S2. The number of fused-ring (bicyclic) bond motifs is 3. The summed E-state index contributed by atoms with van der Waals surface area (Å²) in [5.74, 6) is 0.428. The first-order chi connectivity index (χ1) is 14.6. The minimum absolute atomic E-state index is 0.0197. The fourth-order valence-electron chi connectivity index (χ4n) is 3.73. The molecule has 1 aliphatic rings. The number of hydrogen-bond donors (Lipinski definition) is 0. The minimum atomic E-state index is -4.67. The molecule has 164 valence electrons. The van der Waals surface area contributed by atoms with Crippen molar-refractivity contribution in [1.82, 2.24) is 9.55 Å². The van der Waals surface area contributed by atoms with Crippen LogP contribution >= 0.6 is 34.7 Å². The summed E-state index contributed by atoms with van der Waals surface area (Å²) >= 11 is 8.26. The van der Waals surface area contributed by atoms with Gasteiger partial charge in [0.2, 0.25) is 0 Å². The van der Waals surface area contributed by atoms with Gasteiger partial charge in [0.1, 0.15) is 10.6 Å². The highest BCUT2D eigenvalue weighted by molar-refractivity contribution is 7.99. The molecule has 2 heterocycles. The maximum Gasteiger partial charge on any atom is 0.417 e. The fourth-order valence-corrected chi connectivity index (χ4v) is 6.19. The number of benzene rings is 1. The maximum atomic E-state index is 13.6. The van der Waals surface area contributed by atoms with Crippen LogP contribution in [0, 0.1) is 5.92 Å². The van der Waals surface area contributed by atoms with Crippen LogP contribution in [0.3, 0.4) is 0 Å². The van der Waals surface area contributed by atoms with Crippen LogP contribution in [0.2, 0.25) is 5.02 Å². The van der Waals surface area contributed by atoms with E-state index in [9.17, 15) is 22.8 Å². The molecular weight excluding hydrogens is 469 g/mol. The molecule has 0 radical (unpaired) electrons. The third-order valence-electron chi connectivity index (χ3n) is 5.22. The lowest BCUT2D eigenvalue weighted by Gasteiger charge is -2.18. The number of alkyl halides is 3. The molecule has 1 unspecified atom stereocenters. The highest BCUT2D eigenvalue weighted by Crippen LogP contribution is 2.38. The van der Waals surface area contributed by atoms with Crippen LogP contribution < -0.4 is 5.56 Å². The number of halogens is 4. The summed E-state index contributed by atoms with van der Waals surface area (Å²) in [7, 11) is 0. The van der Waals surface area contributed by atoms with E-state index in [2.05, 4.69) is 11.9 Å². The molecule has 0 spiro atoms. The molecule has 1 aromatic carbocycles. The first kappa shape index (κ1) is 22.4. The topological polar surface area (TPSA) is 52.0 Å². The van der Waals surface area contributed by atoms with Gasteiger partial charge in [-0.3, -0.25) is 14.2 Å². The van der Waals surface area contributed by atoms with E-state index in [0.29, 0.717) is 16.1 Å². The summed E-state index contributed by atoms with van der Waals surface area (Å²) in [5.41, 5.74) is -0.482. The predicted octanol–water partition coefficient (Wildman–Crippen LogP) is 5.93. The van der Waals surface area contributed by atoms with Crippen molar-refractivity contribution in [2.45, 2.75) is 44.4 Å². The zero-order chi connectivity index (χ0) is 22.5. The Labute approximate surface area is 189 Å². The van der Waals surface area contributed by atoms with Gasteiger partial charge < -0.3 is 0 Å². The number of thiophene rings is 1. The Bertz CT molecular complexity index is 1250. The van der Waals surface area contributed by atoms with E-state index in [0.717, 1.165) is 53.6 Å². The van der Waals surface area contributed by atoms with Crippen molar-refractivity contribution in [3.63, 3.8) is 0 Å². The van der Waals surface area contributed by atoms with Crippen molar-refractivity contribution in [1.29, 1.82) is 0 Å². The van der Waals surface area contributed by atoms with Crippen molar-refractivity contribution >= 4 is 50.7 Å². The normalized spacial score (nSPS) is 16.5. The lowest BCUT2D eigenvalue weighted by molar-refractivity contribution is -0.137. The number of nitrogens with zero attached hydrogens (tertiary/aromatic N) is 2. The molecule has 0 bridgehead atoms. The number of carbonyl (C=O) groups is 1. The number of Topliss-reactive ketones (excluding diaryl/α,β-unsaturated/α-hetero) is 1. The van der Waals surface area contributed by atoms with Crippen molar-refractivity contribution in [2.24, 2.45) is 5.92 Å². The Hall–Kier alpha value is -1.84. The van der Waals surface area contributed by atoms with Gasteiger partial charge >= 0.3 is 6.18 Å². The van der Waals surface area contributed by atoms with Gasteiger partial charge in [-0.15, -0.1) is 11.3 Å². The first-order valence-corrected chi connectivity index (χ1v) is 11.8. The lowest BCUT2D eigenvalue weighted by atomic mass is 9.89. The van der Waals surface area contributed by atoms with E-state index in [4.69, 9.17) is 11.6 Å². The van der Waals surface area contributed by atoms with Crippen LogP contribution in [-0.4, -0.2) is 21.1 Å². The molecule has 4 rings (SSSR count). The molecule has 0 amide bonds. The molecule has 10 heteroatoms. The number of aryl methyl sites for hydroxylation is 1. The van der Waals surface area contributed by atoms with Crippen LogP contribution in [-0.2, 0) is 23.8 Å². The van der Waals surface area contributed by atoms with Crippen LogP contribution in [0.25, 0.3) is 15.9 Å². The molecule has 3 aromatic rings. The Balaban J connectivity index is 1.98. The number of rotatable bonds is 4. The van der Waals surface area contributed by atoms with Crippen LogP contribution in [0.5, 0.6) is 0 Å². The zero-order valence-electron chi connectivity index (χ0n) is 16.7. The van der Waals surface area contributed by atoms with Gasteiger partial charge in [0, 0.05) is 4.88 Å². The third-order valence-corrected chi connectivity index (χ3v) is 7.78.